The molecule has 1 amide bonds. The maximum absolute atomic E-state index is 12.4. The van der Waals surface area contributed by atoms with Gasteiger partial charge in [-0.1, -0.05) is 30.3 Å². The summed E-state index contributed by atoms with van der Waals surface area (Å²) in [5.41, 5.74) is 1.54. The molecule has 7 heteroatoms. The van der Waals surface area contributed by atoms with E-state index in [1.807, 2.05) is 0 Å². The van der Waals surface area contributed by atoms with Crippen molar-refractivity contribution in [2.24, 2.45) is 0 Å². The molecular weight excluding hydrogens is 366 g/mol. The maximum Gasteiger partial charge on any atom is 0.335 e. The highest BCUT2D eigenvalue weighted by molar-refractivity contribution is 7.91. The third-order valence-corrected chi connectivity index (χ3v) is 6.68. The van der Waals surface area contributed by atoms with Crippen LogP contribution in [0, 0.1) is 0 Å². The normalized spacial score (nSPS) is 11.8. The maximum atomic E-state index is 12.4. The molecule has 0 saturated heterocycles. The Bertz CT molecular complexity index is 958. The summed E-state index contributed by atoms with van der Waals surface area (Å²) in [5, 5.41) is 11.9. The second-order valence-corrected chi connectivity index (χ2v) is 10.0. The summed E-state index contributed by atoms with van der Waals surface area (Å²) in [5.74, 6) is -1.59. The summed E-state index contributed by atoms with van der Waals surface area (Å²) < 4.78 is 23.8. The number of carboxylic acid groups (broad SMARTS) is 1. The number of hydrogen-bond donors (Lipinski definition) is 2. The highest BCUT2D eigenvalue weighted by Gasteiger charge is 2.29. The van der Waals surface area contributed by atoms with Crippen LogP contribution in [0.15, 0.2) is 48.5 Å². The monoisotopic (exact) mass is 389 g/mol. The second-order valence-electron chi connectivity index (χ2n) is 7.26. The minimum absolute atomic E-state index is 0.0812. The van der Waals surface area contributed by atoms with Gasteiger partial charge in [-0.25, -0.2) is 13.2 Å². The molecule has 144 valence electrons. The van der Waals surface area contributed by atoms with Crippen molar-refractivity contribution < 1.29 is 23.1 Å². The molecule has 2 N–H and O–H groups in total. The number of amides is 1. The van der Waals surface area contributed by atoms with Crippen LogP contribution in [0.2, 0.25) is 0 Å². The molecule has 0 aliphatic carbocycles. The van der Waals surface area contributed by atoms with E-state index in [4.69, 9.17) is 0 Å². The number of hydrogen-bond acceptors (Lipinski definition) is 4. The van der Waals surface area contributed by atoms with Crippen molar-refractivity contribution in [3.05, 3.63) is 65.2 Å². The first-order chi connectivity index (χ1) is 12.5. The first kappa shape index (κ1) is 20.6. The molecule has 27 heavy (non-hydrogen) atoms. The Morgan fingerprint density at radius 2 is 1.70 bits per heavy atom. The molecule has 0 spiro atoms. The fourth-order valence-corrected chi connectivity index (χ4v) is 3.49. The number of benzene rings is 2. The third kappa shape index (κ3) is 5.40. The molecule has 0 fully saturated rings. The molecule has 0 bridgehead atoms. The van der Waals surface area contributed by atoms with Crippen molar-refractivity contribution in [3.63, 3.8) is 0 Å². The number of rotatable bonds is 6. The van der Waals surface area contributed by atoms with E-state index in [1.54, 1.807) is 63.2 Å². The topological polar surface area (TPSA) is 101 Å². The molecule has 0 radical (unpaired) electrons. The van der Waals surface area contributed by atoms with E-state index in [2.05, 4.69) is 5.32 Å². The Kier molecular flexibility index (Phi) is 6.05. The van der Waals surface area contributed by atoms with Crippen molar-refractivity contribution in [2.45, 2.75) is 37.7 Å². The molecule has 0 heterocycles. The average molecular weight is 389 g/mol. The van der Waals surface area contributed by atoms with Crippen molar-refractivity contribution in [3.8, 4) is 0 Å². The van der Waals surface area contributed by atoms with Crippen LogP contribution in [-0.2, 0) is 26.8 Å². The first-order valence-electron chi connectivity index (χ1n) is 8.42. The zero-order chi connectivity index (χ0) is 20.2. The number of anilines is 1. The zero-order valence-electron chi connectivity index (χ0n) is 15.5. The van der Waals surface area contributed by atoms with Crippen molar-refractivity contribution in [1.82, 2.24) is 0 Å². The largest absolute Gasteiger partial charge is 0.478 e. The average Bonchev–Trinajstić information content (AvgIpc) is 2.53. The number of carboxylic acids is 1. The van der Waals surface area contributed by atoms with Gasteiger partial charge in [0.2, 0.25) is 5.91 Å². The van der Waals surface area contributed by atoms with Gasteiger partial charge in [-0.3, -0.25) is 4.79 Å². The second kappa shape index (κ2) is 7.92. The first-order valence-corrected chi connectivity index (χ1v) is 10.1. The molecule has 6 nitrogen and oxygen atoms in total. The van der Waals surface area contributed by atoms with Gasteiger partial charge in [0.25, 0.3) is 0 Å². The van der Waals surface area contributed by atoms with Crippen LogP contribution in [0.3, 0.4) is 0 Å². The summed E-state index contributed by atoms with van der Waals surface area (Å²) in [7, 11) is -3.34. The molecule has 0 unspecified atom stereocenters. The van der Waals surface area contributed by atoms with Crippen LogP contribution in [0.25, 0.3) is 0 Å². The number of carbonyl (C=O) groups is 2. The van der Waals surface area contributed by atoms with Gasteiger partial charge in [0.05, 0.1) is 22.5 Å². The molecule has 2 rings (SSSR count). The predicted octanol–water partition coefficient (Wildman–Crippen LogP) is 3.28. The van der Waals surface area contributed by atoms with Crippen LogP contribution in [-0.4, -0.2) is 30.1 Å². The quantitative estimate of drug-likeness (QED) is 0.790. The van der Waals surface area contributed by atoms with E-state index < -0.39 is 20.6 Å². The van der Waals surface area contributed by atoms with Crippen LogP contribution in [0.4, 0.5) is 5.69 Å². The highest BCUT2D eigenvalue weighted by atomic mass is 32.2. The van der Waals surface area contributed by atoms with Crippen LogP contribution in [0.5, 0.6) is 0 Å². The lowest BCUT2D eigenvalue weighted by atomic mass is 10.0. The minimum atomic E-state index is -3.34. The minimum Gasteiger partial charge on any atom is -0.478 e. The van der Waals surface area contributed by atoms with Crippen LogP contribution >= 0.6 is 0 Å². The standard InChI is InChI=1S/C20H23NO5S/c1-20(2,3)27(25,26)13-14-7-6-9-16(11-14)21-18(22)12-15-8-4-5-10-17(15)19(23)24/h4-11H,12-13H2,1-3H3,(H,21,22)(H,23,24). The van der Waals surface area contributed by atoms with Gasteiger partial charge in [-0.05, 0) is 50.1 Å². The van der Waals surface area contributed by atoms with Gasteiger partial charge in [0, 0.05) is 5.69 Å². The molecule has 0 saturated carbocycles. The Labute approximate surface area is 159 Å². The molecule has 2 aromatic rings. The third-order valence-electron chi connectivity index (χ3n) is 4.10. The summed E-state index contributed by atoms with van der Waals surface area (Å²) in [4.78, 5) is 23.5. The van der Waals surface area contributed by atoms with E-state index in [-0.39, 0.29) is 23.6 Å². The number of aromatic carboxylic acids is 1. The summed E-state index contributed by atoms with van der Waals surface area (Å²) >= 11 is 0. The number of nitrogens with one attached hydrogen (secondary N) is 1. The molecule has 0 aromatic heterocycles. The predicted molar refractivity (Wildman–Crippen MR) is 105 cm³/mol. The Balaban J connectivity index is 2.13. The van der Waals surface area contributed by atoms with Crippen molar-refractivity contribution in [1.29, 1.82) is 0 Å². The van der Waals surface area contributed by atoms with E-state index in [9.17, 15) is 23.1 Å². The lowest BCUT2D eigenvalue weighted by Crippen LogP contribution is -2.29. The van der Waals surface area contributed by atoms with Gasteiger partial charge in [0.15, 0.2) is 9.84 Å². The number of carbonyl (C=O) groups excluding carboxylic acids is 1. The fraction of sp³-hybridized carbons (Fsp3) is 0.300. The molecule has 0 aliphatic heterocycles. The van der Waals surface area contributed by atoms with Gasteiger partial charge < -0.3 is 10.4 Å². The summed E-state index contributed by atoms with van der Waals surface area (Å²) in [6, 6.07) is 13.0. The van der Waals surface area contributed by atoms with Gasteiger partial charge in [0.1, 0.15) is 0 Å². The lowest BCUT2D eigenvalue weighted by molar-refractivity contribution is -0.115. The molecule has 2 aromatic carbocycles. The zero-order valence-corrected chi connectivity index (χ0v) is 16.3. The van der Waals surface area contributed by atoms with Crippen molar-refractivity contribution in [2.75, 3.05) is 5.32 Å². The SMILES string of the molecule is CC(C)(C)S(=O)(=O)Cc1cccc(NC(=O)Cc2ccccc2C(=O)O)c1. The summed E-state index contributed by atoms with van der Waals surface area (Å²) in [6.45, 7) is 4.94. The van der Waals surface area contributed by atoms with E-state index >= 15 is 0 Å². The van der Waals surface area contributed by atoms with Gasteiger partial charge >= 0.3 is 5.97 Å². The van der Waals surface area contributed by atoms with Gasteiger partial charge in [-0.15, -0.1) is 0 Å². The van der Waals surface area contributed by atoms with Crippen LogP contribution < -0.4 is 5.32 Å². The fourth-order valence-electron chi connectivity index (χ4n) is 2.44. The molecule has 0 aliphatic rings. The van der Waals surface area contributed by atoms with E-state index in [1.165, 1.54) is 6.07 Å². The highest BCUT2D eigenvalue weighted by Crippen LogP contribution is 2.22. The molecule has 0 atom stereocenters. The van der Waals surface area contributed by atoms with Crippen molar-refractivity contribution >= 4 is 27.4 Å². The van der Waals surface area contributed by atoms with E-state index in [0.29, 0.717) is 16.8 Å². The smallest absolute Gasteiger partial charge is 0.335 e. The Morgan fingerprint density at radius 3 is 2.33 bits per heavy atom. The molecular formula is C20H23NO5S. The lowest BCUT2D eigenvalue weighted by Gasteiger charge is -2.19. The van der Waals surface area contributed by atoms with E-state index in [0.717, 1.165) is 0 Å². The summed E-state index contributed by atoms with van der Waals surface area (Å²) in [6.07, 6.45) is -0.0903. The Morgan fingerprint density at radius 1 is 1.04 bits per heavy atom. The number of sulfone groups is 1. The Hall–Kier alpha value is -2.67. The van der Waals surface area contributed by atoms with Crippen LogP contribution in [0.1, 0.15) is 42.3 Å². The van der Waals surface area contributed by atoms with Gasteiger partial charge in [-0.2, -0.15) is 0 Å².